The molecule has 2 aromatic rings. The minimum Gasteiger partial charge on any atom is -0.468 e. The average Bonchev–Trinajstić information content (AvgIpc) is 3.21. The predicted molar refractivity (Wildman–Crippen MR) is 85.0 cm³/mol. The quantitative estimate of drug-likeness (QED) is 0.816. The van der Waals surface area contributed by atoms with Crippen LogP contribution in [0.15, 0.2) is 45.9 Å². The Labute approximate surface area is 136 Å². The molecule has 3 rings (SSSR count). The van der Waals surface area contributed by atoms with Gasteiger partial charge in [-0.3, -0.25) is 0 Å². The number of fused-ring (bicyclic) bond motifs is 1. The molecule has 1 aliphatic carbocycles. The number of benzene rings is 1. The molecule has 0 fully saturated rings. The molecule has 23 heavy (non-hydrogen) atoms. The summed E-state index contributed by atoms with van der Waals surface area (Å²) in [6, 6.07) is 10.8. The van der Waals surface area contributed by atoms with Crippen LogP contribution in [0.2, 0.25) is 0 Å². The first-order chi connectivity index (χ1) is 11.1. The van der Waals surface area contributed by atoms with Crippen LogP contribution in [-0.2, 0) is 29.4 Å². The molecule has 0 spiro atoms. The van der Waals surface area contributed by atoms with Crippen LogP contribution < -0.4 is 0 Å². The normalized spacial score (nSPS) is 13.9. The third-order valence-electron chi connectivity index (χ3n) is 4.09. The number of sulfonamides is 1. The van der Waals surface area contributed by atoms with E-state index in [2.05, 4.69) is 0 Å². The molecule has 0 amide bonds. The van der Waals surface area contributed by atoms with E-state index in [0.29, 0.717) is 10.7 Å². The lowest BCUT2D eigenvalue weighted by molar-refractivity contribution is 0.368. The largest absolute Gasteiger partial charge is 0.468 e. The fraction of sp³-hybridized carbons (Fsp3) is 0.353. The first-order valence-corrected chi connectivity index (χ1v) is 9.06. The summed E-state index contributed by atoms with van der Waals surface area (Å²) in [6.45, 7) is 0.282. The van der Waals surface area contributed by atoms with Crippen LogP contribution in [-0.4, -0.2) is 19.3 Å². The molecule has 0 aliphatic heterocycles. The molecular weight excluding hydrogens is 312 g/mol. The fourth-order valence-corrected chi connectivity index (χ4v) is 4.35. The Bertz CT molecular complexity index is 820. The van der Waals surface area contributed by atoms with Crippen molar-refractivity contribution in [3.63, 3.8) is 0 Å². The van der Waals surface area contributed by atoms with E-state index in [1.54, 1.807) is 24.3 Å². The van der Waals surface area contributed by atoms with Crippen molar-refractivity contribution in [1.29, 1.82) is 5.26 Å². The summed E-state index contributed by atoms with van der Waals surface area (Å²) in [6.07, 6.45) is 4.67. The van der Waals surface area contributed by atoms with E-state index in [9.17, 15) is 8.42 Å². The smallest absolute Gasteiger partial charge is 0.243 e. The second-order valence-electron chi connectivity index (χ2n) is 5.61. The minimum absolute atomic E-state index is 0.133. The maximum absolute atomic E-state index is 12.9. The van der Waals surface area contributed by atoms with Crippen molar-refractivity contribution in [2.45, 2.75) is 37.1 Å². The summed E-state index contributed by atoms with van der Waals surface area (Å²) in [5.74, 6) is 0.563. The van der Waals surface area contributed by atoms with Crippen LogP contribution in [0, 0.1) is 11.3 Å². The summed E-state index contributed by atoms with van der Waals surface area (Å²) in [7, 11) is -3.65. The maximum Gasteiger partial charge on any atom is 0.243 e. The number of hydrogen-bond acceptors (Lipinski definition) is 4. The Morgan fingerprint density at radius 3 is 2.78 bits per heavy atom. The van der Waals surface area contributed by atoms with Gasteiger partial charge in [0.15, 0.2) is 0 Å². The van der Waals surface area contributed by atoms with Gasteiger partial charge in [-0.05, 0) is 54.7 Å². The summed E-state index contributed by atoms with van der Waals surface area (Å²) in [4.78, 5) is 0.294. The SMILES string of the molecule is N#CCCN(Cc1ccco1)S(=O)(=O)c1ccc2c(c1)CCC2. The van der Waals surface area contributed by atoms with E-state index in [0.717, 1.165) is 24.8 Å². The molecular formula is C17H18N2O3S. The molecule has 6 heteroatoms. The highest BCUT2D eigenvalue weighted by atomic mass is 32.2. The Kier molecular flexibility index (Phi) is 4.51. The first kappa shape index (κ1) is 15.8. The number of nitriles is 1. The second-order valence-corrected chi connectivity index (χ2v) is 7.55. The lowest BCUT2D eigenvalue weighted by Crippen LogP contribution is -2.31. The summed E-state index contributed by atoms with van der Waals surface area (Å²) in [5, 5.41) is 8.81. The minimum atomic E-state index is -3.65. The van der Waals surface area contributed by atoms with E-state index in [1.807, 2.05) is 12.1 Å². The predicted octanol–water partition coefficient (Wildman–Crippen LogP) is 2.87. The molecule has 0 N–H and O–H groups in total. The first-order valence-electron chi connectivity index (χ1n) is 7.62. The zero-order valence-electron chi connectivity index (χ0n) is 12.7. The highest BCUT2D eigenvalue weighted by Crippen LogP contribution is 2.27. The molecule has 0 atom stereocenters. The number of rotatable bonds is 6. The lowest BCUT2D eigenvalue weighted by Gasteiger charge is -2.20. The van der Waals surface area contributed by atoms with Crippen molar-refractivity contribution in [3.05, 3.63) is 53.5 Å². The van der Waals surface area contributed by atoms with Gasteiger partial charge in [-0.15, -0.1) is 0 Å². The maximum atomic E-state index is 12.9. The summed E-state index contributed by atoms with van der Waals surface area (Å²) in [5.41, 5.74) is 2.35. The summed E-state index contributed by atoms with van der Waals surface area (Å²) >= 11 is 0. The zero-order valence-corrected chi connectivity index (χ0v) is 13.6. The van der Waals surface area contributed by atoms with Crippen molar-refractivity contribution < 1.29 is 12.8 Å². The molecule has 120 valence electrons. The highest BCUT2D eigenvalue weighted by molar-refractivity contribution is 7.89. The molecule has 1 aromatic heterocycles. The molecule has 0 saturated heterocycles. The third-order valence-corrected chi connectivity index (χ3v) is 5.93. The molecule has 5 nitrogen and oxygen atoms in total. The Balaban J connectivity index is 1.91. The standard InChI is InChI=1S/C17H18N2O3S/c18-9-3-10-19(13-16-6-2-11-22-16)23(20,21)17-8-7-14-4-1-5-15(14)12-17/h2,6-8,11-12H,1,3-5,10,13H2. The van der Waals surface area contributed by atoms with E-state index in [-0.39, 0.29) is 19.5 Å². The molecule has 0 radical (unpaired) electrons. The lowest BCUT2D eigenvalue weighted by atomic mass is 10.1. The van der Waals surface area contributed by atoms with E-state index in [1.165, 1.54) is 16.1 Å². The summed E-state index contributed by atoms with van der Waals surface area (Å²) < 4.78 is 32.4. The van der Waals surface area contributed by atoms with Gasteiger partial charge in [0.1, 0.15) is 5.76 Å². The van der Waals surface area contributed by atoms with Crippen LogP contribution in [0.25, 0.3) is 0 Å². The number of hydrogen-bond donors (Lipinski definition) is 0. The monoisotopic (exact) mass is 330 g/mol. The van der Waals surface area contributed by atoms with Crippen molar-refractivity contribution in [2.24, 2.45) is 0 Å². The Hall–Kier alpha value is -2.10. The third kappa shape index (κ3) is 3.31. The van der Waals surface area contributed by atoms with E-state index in [4.69, 9.17) is 9.68 Å². The second kappa shape index (κ2) is 6.57. The van der Waals surface area contributed by atoms with Crippen LogP contribution in [0.3, 0.4) is 0 Å². The van der Waals surface area contributed by atoms with Crippen LogP contribution in [0.1, 0.15) is 29.7 Å². The van der Waals surface area contributed by atoms with Crippen molar-refractivity contribution in [2.75, 3.05) is 6.54 Å². The molecule has 0 saturated carbocycles. The molecule has 0 bridgehead atoms. The van der Waals surface area contributed by atoms with Gasteiger partial charge in [0.25, 0.3) is 0 Å². The van der Waals surface area contributed by atoms with Gasteiger partial charge in [0, 0.05) is 13.0 Å². The van der Waals surface area contributed by atoms with Crippen molar-refractivity contribution in [1.82, 2.24) is 4.31 Å². The van der Waals surface area contributed by atoms with Crippen LogP contribution >= 0.6 is 0 Å². The molecule has 1 aliphatic rings. The van der Waals surface area contributed by atoms with Gasteiger partial charge in [-0.1, -0.05) is 6.07 Å². The van der Waals surface area contributed by atoms with E-state index >= 15 is 0 Å². The van der Waals surface area contributed by atoms with Gasteiger partial charge in [0.2, 0.25) is 10.0 Å². The molecule has 0 unspecified atom stereocenters. The highest BCUT2D eigenvalue weighted by Gasteiger charge is 2.26. The molecule has 1 heterocycles. The average molecular weight is 330 g/mol. The van der Waals surface area contributed by atoms with E-state index < -0.39 is 10.0 Å². The number of aryl methyl sites for hydroxylation is 2. The topological polar surface area (TPSA) is 74.3 Å². The fourth-order valence-electron chi connectivity index (χ4n) is 2.89. The zero-order chi connectivity index (χ0) is 16.3. The number of furan rings is 1. The number of nitrogens with zero attached hydrogens (tertiary/aromatic N) is 2. The van der Waals surface area contributed by atoms with Gasteiger partial charge in [-0.2, -0.15) is 9.57 Å². The van der Waals surface area contributed by atoms with Gasteiger partial charge < -0.3 is 4.42 Å². The van der Waals surface area contributed by atoms with Crippen molar-refractivity contribution >= 4 is 10.0 Å². The van der Waals surface area contributed by atoms with Gasteiger partial charge >= 0.3 is 0 Å². The van der Waals surface area contributed by atoms with Crippen LogP contribution in [0.4, 0.5) is 0 Å². The Morgan fingerprint density at radius 2 is 2.04 bits per heavy atom. The van der Waals surface area contributed by atoms with Gasteiger partial charge in [-0.25, -0.2) is 8.42 Å². The Morgan fingerprint density at radius 1 is 1.22 bits per heavy atom. The molecule has 1 aromatic carbocycles. The van der Waals surface area contributed by atoms with Crippen molar-refractivity contribution in [3.8, 4) is 6.07 Å². The van der Waals surface area contributed by atoms with Gasteiger partial charge in [0.05, 0.1) is 23.8 Å². The van der Waals surface area contributed by atoms with Crippen LogP contribution in [0.5, 0.6) is 0 Å².